The highest BCUT2D eigenvalue weighted by atomic mass is 32.1. The number of alkyl halides is 3. The molecule has 1 rings (SSSR count). The number of thiocarbonyl (C=S) groups is 1. The van der Waals surface area contributed by atoms with Crippen molar-refractivity contribution in [3.05, 3.63) is 29.3 Å². The van der Waals surface area contributed by atoms with Crippen LogP contribution in [-0.4, -0.2) is 17.8 Å². The van der Waals surface area contributed by atoms with Crippen molar-refractivity contribution >= 4 is 17.2 Å². The zero-order chi connectivity index (χ0) is 13.1. The normalized spacial score (nSPS) is 11.3. The predicted molar refractivity (Wildman–Crippen MR) is 63.2 cm³/mol. The highest BCUT2D eigenvalue weighted by molar-refractivity contribution is 7.80. The summed E-state index contributed by atoms with van der Waals surface area (Å²) in [6.07, 6.45) is -5.23. The minimum Gasteiger partial charge on any atom is -0.493 e. The molecular weight excluding hydrogens is 251 g/mol. The maximum atomic E-state index is 12.0. The lowest BCUT2D eigenvalue weighted by molar-refractivity contribution is -0.139. The Morgan fingerprint density at radius 1 is 1.41 bits per heavy atom. The molecule has 0 aromatic heterocycles. The van der Waals surface area contributed by atoms with Crippen LogP contribution in [0, 0.1) is 6.92 Å². The maximum absolute atomic E-state index is 12.0. The second kappa shape index (κ2) is 5.35. The van der Waals surface area contributed by atoms with E-state index in [0.717, 1.165) is 5.56 Å². The van der Waals surface area contributed by atoms with Gasteiger partial charge in [0.25, 0.3) is 0 Å². The van der Waals surface area contributed by atoms with Crippen LogP contribution in [0.1, 0.15) is 17.5 Å². The Morgan fingerprint density at radius 2 is 2.06 bits per heavy atom. The van der Waals surface area contributed by atoms with Crippen molar-refractivity contribution in [1.29, 1.82) is 0 Å². The van der Waals surface area contributed by atoms with Crippen molar-refractivity contribution in [3.63, 3.8) is 0 Å². The van der Waals surface area contributed by atoms with Gasteiger partial charge in [0.2, 0.25) is 0 Å². The van der Waals surface area contributed by atoms with Crippen LogP contribution in [0.2, 0.25) is 0 Å². The van der Waals surface area contributed by atoms with Gasteiger partial charge in [-0.3, -0.25) is 0 Å². The van der Waals surface area contributed by atoms with Gasteiger partial charge >= 0.3 is 6.18 Å². The maximum Gasteiger partial charge on any atom is 0.392 e. The van der Waals surface area contributed by atoms with Gasteiger partial charge in [0.1, 0.15) is 10.7 Å². The molecule has 0 atom stereocenters. The first kappa shape index (κ1) is 13.8. The first-order chi connectivity index (χ1) is 7.79. The largest absolute Gasteiger partial charge is 0.493 e. The molecule has 2 N–H and O–H groups in total. The van der Waals surface area contributed by atoms with Crippen molar-refractivity contribution in [1.82, 2.24) is 0 Å². The number of nitrogens with two attached hydrogens (primary N) is 1. The van der Waals surface area contributed by atoms with Gasteiger partial charge < -0.3 is 10.5 Å². The van der Waals surface area contributed by atoms with E-state index < -0.39 is 19.2 Å². The average molecular weight is 263 g/mol. The van der Waals surface area contributed by atoms with Gasteiger partial charge in [-0.05, 0) is 19.1 Å². The molecule has 2 nitrogen and oxygen atoms in total. The summed E-state index contributed by atoms with van der Waals surface area (Å²) in [5.74, 6) is 0.285. The van der Waals surface area contributed by atoms with Crippen LogP contribution in [-0.2, 0) is 0 Å². The Morgan fingerprint density at radius 3 is 2.59 bits per heavy atom. The Balaban J connectivity index is 2.74. The molecular formula is C11H12F3NOS. The monoisotopic (exact) mass is 263 g/mol. The van der Waals surface area contributed by atoms with Gasteiger partial charge in [-0.25, -0.2) is 0 Å². The molecule has 0 unspecified atom stereocenters. The molecule has 1 aromatic rings. The van der Waals surface area contributed by atoms with E-state index in [9.17, 15) is 13.2 Å². The Labute approximate surface area is 103 Å². The van der Waals surface area contributed by atoms with Crippen LogP contribution in [0.15, 0.2) is 18.2 Å². The van der Waals surface area contributed by atoms with E-state index >= 15 is 0 Å². The minimum absolute atomic E-state index is 0.107. The summed E-state index contributed by atoms with van der Waals surface area (Å²) in [4.78, 5) is 0.107. The first-order valence-corrected chi connectivity index (χ1v) is 5.30. The molecule has 0 aliphatic rings. The molecule has 0 saturated heterocycles. The summed E-state index contributed by atoms with van der Waals surface area (Å²) in [5.41, 5.74) is 6.84. The molecule has 0 fully saturated rings. The molecule has 6 heteroatoms. The second-order valence-corrected chi connectivity index (χ2v) is 4.02. The third-order valence-electron chi connectivity index (χ3n) is 2.04. The van der Waals surface area contributed by atoms with E-state index in [-0.39, 0.29) is 10.7 Å². The van der Waals surface area contributed by atoms with Gasteiger partial charge in [0.05, 0.1) is 18.6 Å². The number of hydrogen-bond donors (Lipinski definition) is 1. The highest BCUT2D eigenvalue weighted by Crippen LogP contribution is 2.23. The van der Waals surface area contributed by atoms with Gasteiger partial charge in [0, 0.05) is 0 Å². The molecule has 0 radical (unpaired) electrons. The van der Waals surface area contributed by atoms with Gasteiger partial charge in [0.15, 0.2) is 0 Å². The van der Waals surface area contributed by atoms with E-state index in [4.69, 9.17) is 22.7 Å². The predicted octanol–water partition coefficient (Wildman–Crippen LogP) is 2.96. The van der Waals surface area contributed by atoms with E-state index in [1.807, 2.05) is 6.92 Å². The van der Waals surface area contributed by atoms with Crippen molar-refractivity contribution < 1.29 is 17.9 Å². The van der Waals surface area contributed by atoms with E-state index in [2.05, 4.69) is 0 Å². The summed E-state index contributed by atoms with van der Waals surface area (Å²) in [5, 5.41) is 0. The summed E-state index contributed by atoms with van der Waals surface area (Å²) in [7, 11) is 0. The molecule has 0 aliphatic heterocycles. The quantitative estimate of drug-likeness (QED) is 0.848. The molecule has 0 heterocycles. The van der Waals surface area contributed by atoms with E-state index in [0.29, 0.717) is 5.56 Å². The van der Waals surface area contributed by atoms with Crippen LogP contribution in [0.3, 0.4) is 0 Å². The van der Waals surface area contributed by atoms with Crippen molar-refractivity contribution in [3.8, 4) is 5.75 Å². The van der Waals surface area contributed by atoms with Gasteiger partial charge in [-0.1, -0.05) is 23.8 Å². The second-order valence-electron chi connectivity index (χ2n) is 3.58. The zero-order valence-corrected chi connectivity index (χ0v) is 9.99. The summed E-state index contributed by atoms with van der Waals surface area (Å²) in [6.45, 7) is 1.39. The number of ether oxygens (including phenoxy) is 1. The fourth-order valence-corrected chi connectivity index (χ4v) is 1.40. The molecule has 94 valence electrons. The Hall–Kier alpha value is -1.30. The third kappa shape index (κ3) is 4.60. The third-order valence-corrected chi connectivity index (χ3v) is 2.26. The Bertz CT molecular complexity index is 418. The van der Waals surface area contributed by atoms with E-state index in [1.165, 1.54) is 0 Å². The Kier molecular flexibility index (Phi) is 4.34. The van der Waals surface area contributed by atoms with Crippen molar-refractivity contribution in [2.24, 2.45) is 5.73 Å². The standard InChI is InChI=1S/C11H12F3NOS/c1-7-2-3-9(8(6-7)10(15)17)16-5-4-11(12,13)14/h2-3,6H,4-5H2,1H3,(H2,15,17). The molecule has 0 saturated carbocycles. The topological polar surface area (TPSA) is 35.2 Å². The molecule has 1 aromatic carbocycles. The molecule has 17 heavy (non-hydrogen) atoms. The van der Waals surface area contributed by atoms with Crippen LogP contribution in [0.4, 0.5) is 13.2 Å². The summed E-state index contributed by atoms with van der Waals surface area (Å²) < 4.78 is 40.9. The smallest absolute Gasteiger partial charge is 0.392 e. The molecule has 0 aliphatic carbocycles. The van der Waals surface area contributed by atoms with Crippen LogP contribution in [0.25, 0.3) is 0 Å². The van der Waals surface area contributed by atoms with Crippen molar-refractivity contribution in [2.45, 2.75) is 19.5 Å². The minimum atomic E-state index is -4.23. The zero-order valence-electron chi connectivity index (χ0n) is 9.17. The molecule has 0 spiro atoms. The molecule has 0 amide bonds. The van der Waals surface area contributed by atoms with E-state index in [1.54, 1.807) is 18.2 Å². The van der Waals surface area contributed by atoms with Crippen LogP contribution >= 0.6 is 12.2 Å². The number of hydrogen-bond acceptors (Lipinski definition) is 2. The highest BCUT2D eigenvalue weighted by Gasteiger charge is 2.27. The number of rotatable bonds is 4. The SMILES string of the molecule is Cc1ccc(OCCC(F)(F)F)c(C(N)=S)c1. The van der Waals surface area contributed by atoms with Crippen LogP contribution < -0.4 is 10.5 Å². The first-order valence-electron chi connectivity index (χ1n) is 4.89. The van der Waals surface area contributed by atoms with Gasteiger partial charge in [-0.15, -0.1) is 0 Å². The number of aryl methyl sites for hydroxylation is 1. The lowest BCUT2D eigenvalue weighted by atomic mass is 10.1. The van der Waals surface area contributed by atoms with Crippen LogP contribution in [0.5, 0.6) is 5.75 Å². The fraction of sp³-hybridized carbons (Fsp3) is 0.364. The lowest BCUT2D eigenvalue weighted by Crippen LogP contribution is -2.16. The molecule has 0 bridgehead atoms. The summed E-state index contributed by atoms with van der Waals surface area (Å²) in [6, 6.07) is 4.98. The van der Waals surface area contributed by atoms with Gasteiger partial charge in [-0.2, -0.15) is 13.2 Å². The fourth-order valence-electron chi connectivity index (χ4n) is 1.24. The lowest BCUT2D eigenvalue weighted by Gasteiger charge is -2.12. The average Bonchev–Trinajstić information content (AvgIpc) is 2.18. The number of benzene rings is 1. The number of halogens is 3. The van der Waals surface area contributed by atoms with Crippen molar-refractivity contribution in [2.75, 3.05) is 6.61 Å². The summed E-state index contributed by atoms with van der Waals surface area (Å²) >= 11 is 4.81.